The van der Waals surface area contributed by atoms with E-state index in [-0.39, 0.29) is 11.7 Å². The Morgan fingerprint density at radius 3 is 2.66 bits per heavy atom. The molecule has 2 aromatic heterocycles. The zero-order valence-corrected chi connectivity index (χ0v) is 17.9. The highest BCUT2D eigenvalue weighted by Crippen LogP contribution is 2.24. The molecule has 6 nitrogen and oxygen atoms in total. The second kappa shape index (κ2) is 8.00. The number of ether oxygens (including phenoxy) is 1. The molecule has 0 fully saturated rings. The molecule has 2 aromatic carbocycles. The largest absolute Gasteiger partial charge is 0.378 e. The van der Waals surface area contributed by atoms with Gasteiger partial charge in [-0.15, -0.1) is 10.2 Å². The third-order valence-corrected chi connectivity index (χ3v) is 5.65. The average Bonchev–Trinajstić information content (AvgIpc) is 3.10. The third-order valence-electron chi connectivity index (χ3n) is 4.75. The zero-order chi connectivity index (χ0) is 20.5. The summed E-state index contributed by atoms with van der Waals surface area (Å²) in [6.45, 7) is 8.72. The normalized spacial score (nSPS) is 11.8. The van der Waals surface area contributed by atoms with E-state index < -0.39 is 0 Å². The Bertz CT molecular complexity index is 1240. The van der Waals surface area contributed by atoms with Crippen LogP contribution in [0.2, 0.25) is 0 Å². The summed E-state index contributed by atoms with van der Waals surface area (Å²) in [7, 11) is 0. The van der Waals surface area contributed by atoms with Crippen LogP contribution in [0.1, 0.15) is 25.0 Å². The Kier molecular flexibility index (Phi) is 5.43. The molecule has 29 heavy (non-hydrogen) atoms. The minimum Gasteiger partial charge on any atom is -0.378 e. The van der Waals surface area contributed by atoms with Crippen molar-refractivity contribution in [2.45, 2.75) is 39.0 Å². The maximum Gasteiger partial charge on any atom is 0.267 e. The Labute approximate surface area is 173 Å². The average molecular weight is 409 g/mol. The number of hydrogen-bond acceptors (Lipinski definition) is 5. The molecule has 0 N–H and O–H groups in total. The van der Waals surface area contributed by atoms with Crippen LogP contribution in [0.25, 0.3) is 22.4 Å². The predicted molar refractivity (Wildman–Crippen MR) is 117 cm³/mol. The minimum atomic E-state index is -0.0906. The van der Waals surface area contributed by atoms with E-state index >= 15 is 0 Å². The van der Waals surface area contributed by atoms with Crippen molar-refractivity contribution in [3.05, 3.63) is 63.9 Å². The first-order valence-corrected chi connectivity index (χ1v) is 10.7. The first kappa shape index (κ1) is 19.7. The topological polar surface area (TPSA) is 61.4 Å². The van der Waals surface area contributed by atoms with Crippen molar-refractivity contribution in [3.63, 3.8) is 0 Å². The Morgan fingerprint density at radius 2 is 1.90 bits per heavy atom. The van der Waals surface area contributed by atoms with E-state index in [4.69, 9.17) is 4.74 Å². The predicted octanol–water partition coefficient (Wildman–Crippen LogP) is 4.17. The monoisotopic (exact) mass is 408 g/mol. The lowest BCUT2D eigenvalue weighted by molar-refractivity contribution is 0.0920. The lowest BCUT2D eigenvalue weighted by Gasteiger charge is -2.14. The number of hydrogen-bond donors (Lipinski definition) is 0. The summed E-state index contributed by atoms with van der Waals surface area (Å²) in [6.07, 6.45) is 0.196. The van der Waals surface area contributed by atoms with Crippen molar-refractivity contribution in [3.8, 4) is 5.69 Å². The highest BCUT2D eigenvalue weighted by Gasteiger charge is 2.18. The van der Waals surface area contributed by atoms with Gasteiger partial charge in [-0.3, -0.25) is 9.20 Å². The van der Waals surface area contributed by atoms with E-state index in [1.54, 1.807) is 16.3 Å². The van der Waals surface area contributed by atoms with Gasteiger partial charge in [0, 0.05) is 5.75 Å². The Morgan fingerprint density at radius 1 is 1.10 bits per heavy atom. The van der Waals surface area contributed by atoms with Crippen LogP contribution in [-0.4, -0.2) is 37.6 Å². The number of benzene rings is 2. The second-order valence-electron chi connectivity index (χ2n) is 7.33. The van der Waals surface area contributed by atoms with Gasteiger partial charge in [-0.05, 0) is 51.5 Å². The van der Waals surface area contributed by atoms with Crippen LogP contribution in [0.15, 0.2) is 52.4 Å². The van der Waals surface area contributed by atoms with Gasteiger partial charge in [0.05, 0.1) is 29.3 Å². The summed E-state index contributed by atoms with van der Waals surface area (Å²) in [5.74, 6) is 1.28. The van der Waals surface area contributed by atoms with Crippen LogP contribution in [-0.2, 0) is 4.74 Å². The van der Waals surface area contributed by atoms with Gasteiger partial charge in [0.15, 0.2) is 5.16 Å². The number of aryl methyl sites for hydroxylation is 2. The maximum absolute atomic E-state index is 13.4. The lowest BCUT2D eigenvalue weighted by atomic mass is 10.1. The molecule has 0 aliphatic rings. The van der Waals surface area contributed by atoms with Crippen molar-refractivity contribution in [1.82, 2.24) is 19.2 Å². The number of aromatic nitrogens is 4. The number of nitrogens with zero attached hydrogens (tertiary/aromatic N) is 4. The van der Waals surface area contributed by atoms with Crippen molar-refractivity contribution in [2.24, 2.45) is 0 Å². The molecule has 0 aliphatic carbocycles. The fourth-order valence-corrected chi connectivity index (χ4v) is 4.23. The standard InChI is InChI=1S/C22H24N4O2S/c1-14(2)28-11-12-29-22-24-23-21-25(18-10-9-15(3)13-16(18)4)20(27)17-7-5-6-8-19(17)26(21)22/h5-10,13-14H,11-12H2,1-4H3. The van der Waals surface area contributed by atoms with Crippen molar-refractivity contribution < 1.29 is 4.74 Å². The molecule has 7 heteroatoms. The van der Waals surface area contributed by atoms with E-state index in [1.165, 1.54) is 0 Å². The van der Waals surface area contributed by atoms with Crippen LogP contribution >= 0.6 is 11.8 Å². The molecule has 0 bridgehead atoms. The van der Waals surface area contributed by atoms with Crippen LogP contribution < -0.4 is 5.56 Å². The molecular weight excluding hydrogens is 384 g/mol. The molecule has 2 heterocycles. The van der Waals surface area contributed by atoms with E-state index in [2.05, 4.69) is 16.3 Å². The maximum atomic E-state index is 13.4. The van der Waals surface area contributed by atoms with Crippen LogP contribution in [0, 0.1) is 13.8 Å². The van der Waals surface area contributed by atoms with Gasteiger partial charge in [-0.2, -0.15) is 0 Å². The molecular formula is C22H24N4O2S. The van der Waals surface area contributed by atoms with E-state index in [0.29, 0.717) is 17.8 Å². The molecule has 0 saturated carbocycles. The highest BCUT2D eigenvalue weighted by molar-refractivity contribution is 7.99. The Hall–Kier alpha value is -2.64. The van der Waals surface area contributed by atoms with Crippen molar-refractivity contribution >= 4 is 28.4 Å². The van der Waals surface area contributed by atoms with Crippen LogP contribution in [0.5, 0.6) is 0 Å². The van der Waals surface area contributed by atoms with Crippen LogP contribution in [0.4, 0.5) is 0 Å². The van der Waals surface area contributed by atoms with E-state index in [1.807, 2.05) is 68.5 Å². The quantitative estimate of drug-likeness (QED) is 0.354. The fraction of sp³-hybridized carbons (Fsp3) is 0.318. The van der Waals surface area contributed by atoms with Crippen molar-refractivity contribution in [1.29, 1.82) is 0 Å². The van der Waals surface area contributed by atoms with E-state index in [9.17, 15) is 4.79 Å². The molecule has 0 aliphatic heterocycles. The number of thioether (sulfide) groups is 1. The van der Waals surface area contributed by atoms with Gasteiger partial charge >= 0.3 is 0 Å². The Balaban J connectivity index is 1.92. The number of para-hydroxylation sites is 1. The number of fused-ring (bicyclic) bond motifs is 3. The van der Waals surface area contributed by atoms with Gasteiger partial charge in [-0.1, -0.05) is 41.6 Å². The molecule has 0 atom stereocenters. The van der Waals surface area contributed by atoms with Gasteiger partial charge < -0.3 is 4.74 Å². The lowest BCUT2D eigenvalue weighted by Crippen LogP contribution is -2.22. The zero-order valence-electron chi connectivity index (χ0n) is 17.0. The summed E-state index contributed by atoms with van der Waals surface area (Å²) < 4.78 is 9.28. The fourth-order valence-electron chi connectivity index (χ4n) is 3.46. The molecule has 0 unspecified atom stereocenters. The molecule has 0 radical (unpaired) electrons. The summed E-state index contributed by atoms with van der Waals surface area (Å²) >= 11 is 1.58. The molecule has 4 rings (SSSR count). The second-order valence-corrected chi connectivity index (χ2v) is 8.40. The molecule has 0 amide bonds. The van der Waals surface area contributed by atoms with E-state index in [0.717, 1.165) is 33.2 Å². The first-order chi connectivity index (χ1) is 14.0. The van der Waals surface area contributed by atoms with Gasteiger partial charge in [0.1, 0.15) is 0 Å². The molecule has 4 aromatic rings. The SMILES string of the molecule is Cc1ccc(-n2c(=O)c3ccccc3n3c(SCCOC(C)C)nnc23)c(C)c1. The minimum absolute atomic E-state index is 0.0906. The molecule has 0 saturated heterocycles. The smallest absolute Gasteiger partial charge is 0.267 e. The van der Waals surface area contributed by atoms with Gasteiger partial charge in [0.25, 0.3) is 5.56 Å². The van der Waals surface area contributed by atoms with Gasteiger partial charge in [0.2, 0.25) is 5.78 Å². The number of rotatable bonds is 6. The highest BCUT2D eigenvalue weighted by atomic mass is 32.2. The first-order valence-electron chi connectivity index (χ1n) is 9.68. The third kappa shape index (κ3) is 3.68. The van der Waals surface area contributed by atoms with Crippen LogP contribution in [0.3, 0.4) is 0 Å². The molecule has 150 valence electrons. The summed E-state index contributed by atoms with van der Waals surface area (Å²) in [6, 6.07) is 13.7. The van der Waals surface area contributed by atoms with Crippen molar-refractivity contribution in [2.75, 3.05) is 12.4 Å². The molecule has 0 spiro atoms. The summed E-state index contributed by atoms with van der Waals surface area (Å²) in [5, 5.41) is 10.2. The summed E-state index contributed by atoms with van der Waals surface area (Å²) in [4.78, 5) is 13.4. The summed E-state index contributed by atoms with van der Waals surface area (Å²) in [5.41, 5.74) is 3.71. The van der Waals surface area contributed by atoms with Gasteiger partial charge in [-0.25, -0.2) is 4.57 Å².